The highest BCUT2D eigenvalue weighted by molar-refractivity contribution is 7.92. The number of aromatic hydroxyl groups is 1. The molecule has 0 saturated carbocycles. The zero-order valence-electron chi connectivity index (χ0n) is 26.6. The highest BCUT2D eigenvalue weighted by atomic mass is 32.2. The van der Waals surface area contributed by atoms with Crippen molar-refractivity contribution in [2.45, 2.75) is 25.3 Å². The molecule has 1 unspecified atom stereocenters. The van der Waals surface area contributed by atoms with Crippen LogP contribution in [0.25, 0.3) is 32.9 Å². The average Bonchev–Trinajstić information content (AvgIpc) is 3.48. The highest BCUT2D eigenvalue weighted by Crippen LogP contribution is 2.39. The van der Waals surface area contributed by atoms with Crippen molar-refractivity contribution in [3.63, 3.8) is 0 Å². The highest BCUT2D eigenvalue weighted by Gasteiger charge is 2.38. The van der Waals surface area contributed by atoms with Gasteiger partial charge in [0.25, 0.3) is 11.8 Å². The van der Waals surface area contributed by atoms with Crippen LogP contribution in [0.2, 0.25) is 0 Å². The number of carbonyl (C=O) groups excluding carboxylic acids is 4. The predicted octanol–water partition coefficient (Wildman–Crippen LogP) is 2.69. The minimum absolute atomic E-state index is 0.00741. The van der Waals surface area contributed by atoms with E-state index in [9.17, 15) is 37.5 Å². The number of amides is 4. The van der Waals surface area contributed by atoms with Gasteiger partial charge >= 0.3 is 15.9 Å². The summed E-state index contributed by atoms with van der Waals surface area (Å²) < 4.78 is 44.9. The zero-order valence-corrected chi connectivity index (χ0v) is 27.5. The SMILES string of the molecule is CN1C(=O)CCC(n2c(=O)n(C)c3cc(-c4ccc(CC(=O)Nc5ccc6c(F)c(N7CC(=O)NS7(=O)=O)c(O)cc6c5)cc4)ccc32)C1=O. The molecule has 14 nitrogen and oxygen atoms in total. The molecule has 2 aliphatic rings. The van der Waals surface area contributed by atoms with Crippen molar-refractivity contribution in [1.29, 1.82) is 0 Å². The van der Waals surface area contributed by atoms with Crippen LogP contribution in [0.5, 0.6) is 5.75 Å². The number of anilines is 2. The lowest BCUT2D eigenvalue weighted by molar-refractivity contribution is -0.149. The van der Waals surface area contributed by atoms with Crippen LogP contribution in [0, 0.1) is 5.82 Å². The van der Waals surface area contributed by atoms with Gasteiger partial charge in [0.05, 0.1) is 17.5 Å². The van der Waals surface area contributed by atoms with Crippen LogP contribution < -0.4 is 20.0 Å². The number of phenols is 1. The molecule has 1 aromatic heterocycles. The molecule has 7 rings (SSSR count). The molecule has 256 valence electrons. The van der Waals surface area contributed by atoms with Crippen molar-refractivity contribution in [1.82, 2.24) is 18.8 Å². The van der Waals surface area contributed by atoms with Crippen molar-refractivity contribution in [3.8, 4) is 16.9 Å². The first kappa shape index (κ1) is 32.5. The van der Waals surface area contributed by atoms with Crippen LogP contribution in [-0.2, 0) is 42.9 Å². The number of imidazole rings is 1. The number of phenolic OH excluding ortho intramolecular Hbond substituents is 1. The lowest BCUT2D eigenvalue weighted by Crippen LogP contribution is -2.45. The quantitative estimate of drug-likeness (QED) is 0.226. The molecule has 0 spiro atoms. The zero-order chi connectivity index (χ0) is 35.6. The summed E-state index contributed by atoms with van der Waals surface area (Å²) in [5.74, 6) is -3.65. The van der Waals surface area contributed by atoms with Gasteiger partial charge in [0.1, 0.15) is 24.0 Å². The number of likely N-dealkylation sites (tertiary alicyclic amines) is 1. The number of fused-ring (bicyclic) bond motifs is 2. The van der Waals surface area contributed by atoms with Gasteiger partial charge in [-0.25, -0.2) is 18.2 Å². The largest absolute Gasteiger partial charge is 0.506 e. The second-order valence-corrected chi connectivity index (χ2v) is 13.8. The molecule has 1 atom stereocenters. The van der Waals surface area contributed by atoms with Gasteiger partial charge in [0, 0.05) is 31.6 Å². The van der Waals surface area contributed by atoms with Crippen LogP contribution >= 0.6 is 0 Å². The Balaban J connectivity index is 1.07. The van der Waals surface area contributed by atoms with Crippen molar-refractivity contribution < 1.29 is 37.1 Å². The Hall–Kier alpha value is -6.03. The number of rotatable bonds is 6. The molecule has 50 heavy (non-hydrogen) atoms. The number of nitrogens with zero attached hydrogens (tertiary/aromatic N) is 4. The molecule has 4 aromatic carbocycles. The van der Waals surface area contributed by atoms with Crippen molar-refractivity contribution in [2.24, 2.45) is 7.05 Å². The molecule has 2 saturated heterocycles. The van der Waals surface area contributed by atoms with Crippen LogP contribution in [0.3, 0.4) is 0 Å². The molecule has 2 fully saturated rings. The number of likely N-dealkylation sites (N-methyl/N-ethyl adjacent to an activating group) is 1. The Morgan fingerprint density at radius 3 is 2.38 bits per heavy atom. The van der Waals surface area contributed by atoms with Gasteiger partial charge in [-0.3, -0.25) is 33.2 Å². The van der Waals surface area contributed by atoms with E-state index in [1.807, 2.05) is 24.3 Å². The van der Waals surface area contributed by atoms with Crippen molar-refractivity contribution >= 4 is 67.0 Å². The third-order valence-electron chi connectivity index (χ3n) is 9.06. The van der Waals surface area contributed by atoms with E-state index in [2.05, 4.69) is 5.32 Å². The molecule has 0 bridgehead atoms. The summed E-state index contributed by atoms with van der Waals surface area (Å²) in [7, 11) is -1.30. The van der Waals surface area contributed by atoms with Crippen LogP contribution in [0.1, 0.15) is 24.4 Å². The molecule has 0 aliphatic carbocycles. The normalized spacial score (nSPS) is 17.5. The maximum absolute atomic E-state index is 15.4. The molecule has 2 aliphatic heterocycles. The number of hydrogen-bond donors (Lipinski definition) is 3. The predicted molar refractivity (Wildman–Crippen MR) is 181 cm³/mol. The molecular formula is C34H29FN6O8S. The number of aromatic nitrogens is 2. The minimum atomic E-state index is -4.35. The average molecular weight is 701 g/mol. The van der Waals surface area contributed by atoms with Gasteiger partial charge in [-0.05, 0) is 64.9 Å². The summed E-state index contributed by atoms with van der Waals surface area (Å²) in [6, 6.07) is 17.3. The topological polar surface area (TPSA) is 180 Å². The van der Waals surface area contributed by atoms with E-state index >= 15 is 4.39 Å². The molecule has 16 heteroatoms. The fraction of sp³-hybridized carbons (Fsp3) is 0.206. The Morgan fingerprint density at radius 2 is 1.68 bits per heavy atom. The first-order chi connectivity index (χ1) is 23.7. The second kappa shape index (κ2) is 11.8. The van der Waals surface area contributed by atoms with E-state index in [1.165, 1.54) is 34.4 Å². The van der Waals surface area contributed by atoms with Crippen LogP contribution in [-0.4, -0.2) is 64.8 Å². The minimum Gasteiger partial charge on any atom is -0.506 e. The molecular weight excluding hydrogens is 671 g/mol. The Kier molecular flexibility index (Phi) is 7.70. The molecule has 3 heterocycles. The standard InChI is InChI=1S/C34H29FN6O8S/c1-38-26-15-20(7-10-24(26)41(34(38)47)25-11-12-30(45)39(2)33(25)46)19-5-3-18(4-6-19)13-28(43)36-22-8-9-23-21(14-22)16-27(42)32(31(23)35)40-17-29(44)37-50(40,48)49/h3-10,14-16,25,42H,11-13,17H2,1-2H3,(H,36,43)(H,37,44). The van der Waals surface area contributed by atoms with Gasteiger partial charge < -0.3 is 10.4 Å². The number of aryl methyl sites for hydroxylation is 1. The summed E-state index contributed by atoms with van der Waals surface area (Å²) in [5, 5.41) is 13.4. The number of imide groups is 1. The third-order valence-corrected chi connectivity index (χ3v) is 10.4. The second-order valence-electron chi connectivity index (χ2n) is 12.2. The van der Waals surface area contributed by atoms with E-state index in [1.54, 1.807) is 30.0 Å². The van der Waals surface area contributed by atoms with Gasteiger partial charge in [0.2, 0.25) is 11.8 Å². The fourth-order valence-corrected chi connectivity index (χ4v) is 7.65. The summed E-state index contributed by atoms with van der Waals surface area (Å²) in [5.41, 5.74) is 2.84. The third kappa shape index (κ3) is 5.42. The summed E-state index contributed by atoms with van der Waals surface area (Å²) in [4.78, 5) is 63.6. The maximum Gasteiger partial charge on any atom is 0.329 e. The van der Waals surface area contributed by atoms with E-state index in [-0.39, 0.29) is 47.5 Å². The van der Waals surface area contributed by atoms with Crippen molar-refractivity contribution in [3.05, 3.63) is 88.6 Å². The van der Waals surface area contributed by atoms with Crippen LogP contribution in [0.15, 0.2) is 71.5 Å². The Morgan fingerprint density at radius 1 is 0.960 bits per heavy atom. The lowest BCUT2D eigenvalue weighted by Gasteiger charge is -2.28. The summed E-state index contributed by atoms with van der Waals surface area (Å²) >= 11 is 0. The number of benzene rings is 4. The maximum atomic E-state index is 15.4. The van der Waals surface area contributed by atoms with E-state index in [4.69, 9.17) is 0 Å². The van der Waals surface area contributed by atoms with E-state index < -0.39 is 51.9 Å². The Bertz CT molecular complexity index is 2470. The van der Waals surface area contributed by atoms with Crippen molar-refractivity contribution in [2.75, 3.05) is 23.2 Å². The Labute approximate surface area is 283 Å². The summed E-state index contributed by atoms with van der Waals surface area (Å²) in [6.45, 7) is -0.676. The van der Waals surface area contributed by atoms with Crippen LogP contribution in [0.4, 0.5) is 15.8 Å². The first-order valence-electron chi connectivity index (χ1n) is 15.4. The number of piperidine rings is 1. The van der Waals surface area contributed by atoms with Gasteiger partial charge in [0.15, 0.2) is 5.82 Å². The molecule has 5 aromatic rings. The molecule has 0 radical (unpaired) electrons. The number of nitrogens with one attached hydrogen (secondary N) is 2. The van der Waals surface area contributed by atoms with E-state index in [0.29, 0.717) is 26.6 Å². The van der Waals surface area contributed by atoms with Gasteiger partial charge in [-0.1, -0.05) is 30.3 Å². The molecule has 3 N–H and O–H groups in total. The summed E-state index contributed by atoms with van der Waals surface area (Å²) in [6.07, 6.45) is 0.425. The fourth-order valence-electron chi connectivity index (χ4n) is 6.49. The molecule has 4 amide bonds. The number of halogens is 1. The first-order valence-corrected chi connectivity index (χ1v) is 16.9. The lowest BCUT2D eigenvalue weighted by atomic mass is 10.0. The van der Waals surface area contributed by atoms with Gasteiger partial charge in [-0.15, -0.1) is 0 Å². The van der Waals surface area contributed by atoms with Gasteiger partial charge in [-0.2, -0.15) is 8.42 Å². The number of carbonyl (C=O) groups is 4. The number of hydrogen-bond acceptors (Lipinski definition) is 8. The van der Waals surface area contributed by atoms with E-state index in [0.717, 1.165) is 22.1 Å². The monoisotopic (exact) mass is 700 g/mol. The smallest absolute Gasteiger partial charge is 0.329 e.